The molecule has 0 spiro atoms. The molecule has 1 aliphatic rings. The summed E-state index contributed by atoms with van der Waals surface area (Å²) in [6.07, 6.45) is -3.10. The maximum atomic E-state index is 12.5. The van der Waals surface area contributed by atoms with Crippen molar-refractivity contribution in [3.63, 3.8) is 0 Å². The smallest absolute Gasteiger partial charge is 0.416 e. The van der Waals surface area contributed by atoms with Gasteiger partial charge in [-0.1, -0.05) is 12.1 Å². The molecule has 2 heterocycles. The van der Waals surface area contributed by atoms with Crippen LogP contribution in [0.25, 0.3) is 0 Å². The number of benzene rings is 1. The fraction of sp³-hybridized carbons (Fsp3) is 0.278. The molecule has 0 unspecified atom stereocenters. The lowest BCUT2D eigenvalue weighted by Crippen LogP contribution is -2.56. The summed E-state index contributed by atoms with van der Waals surface area (Å²) in [7, 11) is 0. The van der Waals surface area contributed by atoms with E-state index in [1.807, 2.05) is 6.07 Å². The molecule has 0 radical (unpaired) electrons. The van der Waals surface area contributed by atoms with Crippen molar-refractivity contribution in [2.75, 3.05) is 13.1 Å². The molecule has 0 saturated carbocycles. The molecular formula is C18H14F3N3O2. The molecule has 1 aromatic carbocycles. The van der Waals surface area contributed by atoms with Gasteiger partial charge in [-0.25, -0.2) is 4.98 Å². The summed E-state index contributed by atoms with van der Waals surface area (Å²) >= 11 is 0. The van der Waals surface area contributed by atoms with E-state index in [2.05, 4.69) is 4.98 Å². The second-order valence-electron chi connectivity index (χ2n) is 5.90. The minimum atomic E-state index is -4.39. The van der Waals surface area contributed by atoms with E-state index < -0.39 is 11.7 Å². The minimum Gasteiger partial charge on any atom is -0.471 e. The van der Waals surface area contributed by atoms with Crippen LogP contribution < -0.4 is 4.74 Å². The van der Waals surface area contributed by atoms with Crippen LogP contribution in [-0.2, 0) is 17.4 Å². The van der Waals surface area contributed by atoms with Gasteiger partial charge in [0.05, 0.1) is 36.7 Å². The average Bonchev–Trinajstić information content (AvgIpc) is 2.57. The first kappa shape index (κ1) is 17.7. The van der Waals surface area contributed by atoms with Gasteiger partial charge in [-0.2, -0.15) is 18.4 Å². The van der Waals surface area contributed by atoms with Crippen molar-refractivity contribution in [3.05, 3.63) is 59.3 Å². The van der Waals surface area contributed by atoms with E-state index in [1.165, 1.54) is 24.4 Å². The molecule has 0 N–H and O–H groups in total. The number of aromatic nitrogens is 1. The zero-order valence-electron chi connectivity index (χ0n) is 13.5. The standard InChI is InChI=1S/C18H14F3N3O2/c19-18(20,21)14-3-1-12(2-4-14)8-17(25)24-10-15(11-24)26-16-7-13(9-22)5-6-23-16/h1-7,15H,8,10-11H2. The predicted molar refractivity (Wildman–Crippen MR) is 85.1 cm³/mol. The van der Waals surface area contributed by atoms with Gasteiger partial charge in [-0.15, -0.1) is 0 Å². The van der Waals surface area contributed by atoms with Gasteiger partial charge in [0.2, 0.25) is 11.8 Å². The number of ether oxygens (including phenoxy) is 1. The number of halogens is 3. The summed E-state index contributed by atoms with van der Waals surface area (Å²) in [5.74, 6) is 0.146. The molecule has 1 saturated heterocycles. The fourth-order valence-corrected chi connectivity index (χ4v) is 2.53. The number of hydrogen-bond donors (Lipinski definition) is 0. The first-order valence-electron chi connectivity index (χ1n) is 7.82. The van der Waals surface area contributed by atoms with E-state index in [0.717, 1.165) is 12.1 Å². The lowest BCUT2D eigenvalue weighted by Gasteiger charge is -2.38. The summed E-state index contributed by atoms with van der Waals surface area (Å²) in [5.41, 5.74) is 0.221. The Hall–Kier alpha value is -3.08. The molecule has 1 amide bonds. The molecule has 2 aromatic rings. The third-order valence-electron chi connectivity index (χ3n) is 3.99. The van der Waals surface area contributed by atoms with Crippen LogP contribution in [0.5, 0.6) is 5.88 Å². The summed E-state index contributed by atoms with van der Waals surface area (Å²) in [4.78, 5) is 17.7. The molecular weight excluding hydrogens is 347 g/mol. The highest BCUT2D eigenvalue weighted by Crippen LogP contribution is 2.29. The Morgan fingerprint density at radius 2 is 1.96 bits per heavy atom. The average molecular weight is 361 g/mol. The van der Waals surface area contributed by atoms with Gasteiger partial charge >= 0.3 is 6.18 Å². The van der Waals surface area contributed by atoms with Crippen molar-refractivity contribution in [1.82, 2.24) is 9.88 Å². The van der Waals surface area contributed by atoms with Gasteiger partial charge in [0.15, 0.2) is 0 Å². The summed E-state index contributed by atoms with van der Waals surface area (Å²) in [5, 5.41) is 8.84. The van der Waals surface area contributed by atoms with Crippen molar-refractivity contribution >= 4 is 5.91 Å². The van der Waals surface area contributed by atoms with Crippen molar-refractivity contribution in [2.45, 2.75) is 18.7 Å². The van der Waals surface area contributed by atoms with Crippen molar-refractivity contribution in [1.29, 1.82) is 5.26 Å². The van der Waals surface area contributed by atoms with Crippen LogP contribution in [0.15, 0.2) is 42.6 Å². The quantitative estimate of drug-likeness (QED) is 0.840. The van der Waals surface area contributed by atoms with Crippen LogP contribution in [0.2, 0.25) is 0 Å². The third kappa shape index (κ3) is 4.11. The first-order chi connectivity index (χ1) is 12.3. The predicted octanol–water partition coefficient (Wildman–Crippen LogP) is 2.80. The largest absolute Gasteiger partial charge is 0.471 e. The van der Waals surface area contributed by atoms with E-state index in [9.17, 15) is 18.0 Å². The highest BCUT2D eigenvalue weighted by molar-refractivity contribution is 5.79. The van der Waals surface area contributed by atoms with E-state index in [-0.39, 0.29) is 18.4 Å². The molecule has 0 atom stereocenters. The summed E-state index contributed by atoms with van der Waals surface area (Å²) < 4.78 is 43.2. The van der Waals surface area contributed by atoms with Crippen molar-refractivity contribution in [3.8, 4) is 11.9 Å². The molecule has 26 heavy (non-hydrogen) atoms. The van der Waals surface area contributed by atoms with E-state index in [4.69, 9.17) is 10.00 Å². The van der Waals surface area contributed by atoms with Gasteiger partial charge in [-0.05, 0) is 23.8 Å². The molecule has 0 bridgehead atoms. The number of nitriles is 1. The number of carbonyl (C=O) groups is 1. The van der Waals surface area contributed by atoms with Crippen LogP contribution in [0, 0.1) is 11.3 Å². The molecule has 3 rings (SSSR count). The number of pyridine rings is 1. The lowest BCUT2D eigenvalue weighted by molar-refractivity contribution is -0.139. The lowest BCUT2D eigenvalue weighted by atomic mass is 10.1. The maximum Gasteiger partial charge on any atom is 0.416 e. The van der Waals surface area contributed by atoms with Crippen molar-refractivity contribution < 1.29 is 22.7 Å². The van der Waals surface area contributed by atoms with E-state index in [1.54, 1.807) is 11.0 Å². The molecule has 5 nitrogen and oxygen atoms in total. The van der Waals surface area contributed by atoms with Crippen molar-refractivity contribution in [2.24, 2.45) is 0 Å². The Labute approximate surface area is 147 Å². The second-order valence-corrected chi connectivity index (χ2v) is 5.90. The molecule has 1 aliphatic heterocycles. The SMILES string of the molecule is N#Cc1ccnc(OC2CN(C(=O)Cc3ccc(C(F)(F)F)cc3)C2)c1. The number of likely N-dealkylation sites (tertiary alicyclic amines) is 1. The van der Waals surface area contributed by atoms with Crippen LogP contribution in [0.3, 0.4) is 0 Å². The van der Waals surface area contributed by atoms with Gasteiger partial charge < -0.3 is 9.64 Å². The Morgan fingerprint density at radius 3 is 2.58 bits per heavy atom. The number of nitrogens with zero attached hydrogens (tertiary/aromatic N) is 3. The molecule has 134 valence electrons. The minimum absolute atomic E-state index is 0.0347. The Kier molecular flexibility index (Phi) is 4.80. The highest BCUT2D eigenvalue weighted by Gasteiger charge is 2.33. The van der Waals surface area contributed by atoms with Crippen LogP contribution >= 0.6 is 0 Å². The first-order valence-corrected chi connectivity index (χ1v) is 7.82. The maximum absolute atomic E-state index is 12.5. The third-order valence-corrected chi connectivity index (χ3v) is 3.99. The number of rotatable bonds is 4. The van der Waals surface area contributed by atoms with Gasteiger partial charge in [-0.3, -0.25) is 4.79 Å². The monoisotopic (exact) mass is 361 g/mol. The molecule has 0 aliphatic carbocycles. The normalized spacial score (nSPS) is 14.5. The van der Waals surface area contributed by atoms with E-state index >= 15 is 0 Å². The molecule has 1 aromatic heterocycles. The number of amides is 1. The zero-order chi connectivity index (χ0) is 18.7. The summed E-state index contributed by atoms with van der Waals surface area (Å²) in [6.45, 7) is 0.746. The molecule has 8 heteroatoms. The molecule has 1 fully saturated rings. The van der Waals surface area contributed by atoms with Crippen LogP contribution in [-0.4, -0.2) is 35.0 Å². The van der Waals surface area contributed by atoms with Crippen LogP contribution in [0.4, 0.5) is 13.2 Å². The Bertz CT molecular complexity index is 838. The summed E-state index contributed by atoms with van der Waals surface area (Å²) in [6, 6.07) is 9.64. The Balaban J connectivity index is 1.49. The number of alkyl halides is 3. The topological polar surface area (TPSA) is 66.2 Å². The Morgan fingerprint density at radius 1 is 1.27 bits per heavy atom. The van der Waals surface area contributed by atoms with Gasteiger partial charge in [0.1, 0.15) is 6.10 Å². The number of carbonyl (C=O) groups excluding carboxylic acids is 1. The number of hydrogen-bond acceptors (Lipinski definition) is 4. The van der Waals surface area contributed by atoms with Gasteiger partial charge in [0, 0.05) is 12.3 Å². The fourth-order valence-electron chi connectivity index (χ4n) is 2.53. The highest BCUT2D eigenvalue weighted by atomic mass is 19.4. The van der Waals surface area contributed by atoms with Crippen LogP contribution in [0.1, 0.15) is 16.7 Å². The van der Waals surface area contributed by atoms with E-state index in [0.29, 0.717) is 30.1 Å². The second kappa shape index (κ2) is 7.04. The van der Waals surface area contributed by atoms with Gasteiger partial charge in [0.25, 0.3) is 0 Å². The zero-order valence-corrected chi connectivity index (χ0v) is 13.5.